The Morgan fingerprint density at radius 3 is 2.30 bits per heavy atom. The van der Waals surface area contributed by atoms with Crippen LogP contribution in [-0.4, -0.2) is 55.8 Å². The van der Waals surface area contributed by atoms with Crippen molar-refractivity contribution in [3.8, 4) is 5.88 Å². The van der Waals surface area contributed by atoms with E-state index in [0.29, 0.717) is 12.1 Å². The minimum atomic E-state index is -4.92. The maximum Gasteiger partial charge on any atom is 0.422 e. The third-order valence-corrected chi connectivity index (χ3v) is 6.49. The summed E-state index contributed by atoms with van der Waals surface area (Å²) >= 11 is 0. The average Bonchev–Trinajstić information content (AvgIpc) is 2.67. The van der Waals surface area contributed by atoms with Crippen LogP contribution in [0.15, 0.2) is 41.4 Å². The zero-order chi connectivity index (χ0) is 24.6. The van der Waals surface area contributed by atoms with Gasteiger partial charge in [0.1, 0.15) is 5.82 Å². The molecule has 14 heteroatoms. The summed E-state index contributed by atoms with van der Waals surface area (Å²) in [6, 6.07) is 3.31. The van der Waals surface area contributed by atoms with Gasteiger partial charge < -0.3 is 9.64 Å². The highest BCUT2D eigenvalue weighted by Crippen LogP contribution is 2.32. The van der Waals surface area contributed by atoms with E-state index in [1.54, 1.807) is 0 Å². The number of alkyl halides is 6. The fourth-order valence-electron chi connectivity index (χ4n) is 3.08. The molecule has 0 unspecified atom stereocenters. The summed E-state index contributed by atoms with van der Waals surface area (Å²) in [6.07, 6.45) is -8.47. The van der Waals surface area contributed by atoms with Gasteiger partial charge in [0.05, 0.1) is 21.8 Å². The van der Waals surface area contributed by atoms with Crippen LogP contribution < -0.4 is 4.74 Å². The summed E-state index contributed by atoms with van der Waals surface area (Å²) in [7, 11) is -4.26. The maximum atomic E-state index is 13.5. The molecule has 1 aromatic carbocycles. The van der Waals surface area contributed by atoms with E-state index in [-0.39, 0.29) is 30.6 Å². The van der Waals surface area contributed by atoms with Crippen LogP contribution in [0.5, 0.6) is 5.88 Å². The minimum absolute atomic E-state index is 0.0237. The van der Waals surface area contributed by atoms with Gasteiger partial charge in [-0.25, -0.2) is 17.8 Å². The molecule has 0 bridgehead atoms. The van der Waals surface area contributed by atoms with Gasteiger partial charge in [0.25, 0.3) is 5.91 Å². The van der Waals surface area contributed by atoms with Gasteiger partial charge in [-0.2, -0.15) is 26.3 Å². The largest absolute Gasteiger partial charge is 0.468 e. The minimum Gasteiger partial charge on any atom is -0.468 e. The van der Waals surface area contributed by atoms with Crippen LogP contribution in [0.1, 0.15) is 15.9 Å². The van der Waals surface area contributed by atoms with E-state index in [2.05, 4.69) is 9.72 Å². The lowest BCUT2D eigenvalue weighted by molar-refractivity contribution is -0.154. The van der Waals surface area contributed by atoms with E-state index in [9.17, 15) is 43.9 Å². The van der Waals surface area contributed by atoms with Crippen LogP contribution in [0.25, 0.3) is 0 Å². The standard InChI is InChI=1S/C19H15F7N2O4S/c20-14-3-13(19(24,25)26)4-15(5-14)33(30,31)9-11-7-28(8-11)17(29)12-1-2-16(27-6-12)32-10-18(21,22)23/h1-6,11H,7-10H2. The van der Waals surface area contributed by atoms with Gasteiger partial charge in [-0.1, -0.05) is 0 Å². The van der Waals surface area contributed by atoms with E-state index in [1.165, 1.54) is 11.0 Å². The molecule has 180 valence electrons. The lowest BCUT2D eigenvalue weighted by Gasteiger charge is -2.39. The molecule has 0 saturated carbocycles. The number of benzene rings is 1. The molecule has 0 radical (unpaired) electrons. The summed E-state index contributed by atoms with van der Waals surface area (Å²) in [5.41, 5.74) is -1.41. The van der Waals surface area contributed by atoms with Gasteiger partial charge in [-0.05, 0) is 24.3 Å². The third-order valence-electron chi connectivity index (χ3n) is 4.62. The normalized spacial score (nSPS) is 15.3. The number of aromatic nitrogens is 1. The Kier molecular flexibility index (Phi) is 6.60. The van der Waals surface area contributed by atoms with Crippen molar-refractivity contribution in [3.63, 3.8) is 0 Å². The van der Waals surface area contributed by atoms with Crippen molar-refractivity contribution < 1.29 is 48.7 Å². The molecule has 6 nitrogen and oxygen atoms in total. The van der Waals surface area contributed by atoms with Crippen LogP contribution >= 0.6 is 0 Å². The number of sulfone groups is 1. The monoisotopic (exact) mass is 500 g/mol. The molecular weight excluding hydrogens is 485 g/mol. The van der Waals surface area contributed by atoms with Crippen molar-refractivity contribution in [3.05, 3.63) is 53.5 Å². The summed E-state index contributed by atoms with van der Waals surface area (Å²) < 4.78 is 118. The lowest BCUT2D eigenvalue weighted by atomic mass is 10.0. The Bertz CT molecular complexity index is 1130. The Hall–Kier alpha value is -2.90. The second-order valence-electron chi connectivity index (χ2n) is 7.32. The Morgan fingerprint density at radius 1 is 1.09 bits per heavy atom. The van der Waals surface area contributed by atoms with Crippen molar-refractivity contribution >= 4 is 15.7 Å². The molecule has 1 saturated heterocycles. The zero-order valence-corrected chi connectivity index (χ0v) is 17.3. The third kappa shape index (κ3) is 6.33. The smallest absolute Gasteiger partial charge is 0.422 e. The molecular formula is C19H15F7N2O4S. The quantitative estimate of drug-likeness (QED) is 0.566. The number of halogens is 7. The van der Waals surface area contributed by atoms with Gasteiger partial charge in [0.15, 0.2) is 16.4 Å². The van der Waals surface area contributed by atoms with Gasteiger partial charge in [0.2, 0.25) is 5.88 Å². The van der Waals surface area contributed by atoms with Crippen LogP contribution in [0.3, 0.4) is 0 Å². The molecule has 0 N–H and O–H groups in total. The number of carbonyl (C=O) groups excluding carboxylic acids is 1. The molecule has 3 rings (SSSR count). The van der Waals surface area contributed by atoms with Gasteiger partial charge in [0, 0.05) is 31.3 Å². The van der Waals surface area contributed by atoms with Gasteiger partial charge >= 0.3 is 12.4 Å². The summed E-state index contributed by atoms with van der Waals surface area (Å²) in [5.74, 6) is -3.45. The molecule has 1 amide bonds. The lowest BCUT2D eigenvalue weighted by Crippen LogP contribution is -2.52. The first-order chi connectivity index (χ1) is 15.1. The summed E-state index contributed by atoms with van der Waals surface area (Å²) in [6.45, 7) is -1.62. The van der Waals surface area contributed by atoms with E-state index >= 15 is 0 Å². The van der Waals surface area contributed by atoms with E-state index < -0.39 is 62.7 Å². The number of pyridine rings is 1. The molecule has 0 atom stereocenters. The van der Waals surface area contributed by atoms with Crippen molar-refractivity contribution in [1.82, 2.24) is 9.88 Å². The molecule has 33 heavy (non-hydrogen) atoms. The van der Waals surface area contributed by atoms with E-state index in [4.69, 9.17) is 0 Å². The first-order valence-electron chi connectivity index (χ1n) is 9.19. The predicted molar refractivity (Wildman–Crippen MR) is 98.6 cm³/mol. The van der Waals surface area contributed by atoms with Gasteiger partial charge in [-0.15, -0.1) is 0 Å². The number of amides is 1. The van der Waals surface area contributed by atoms with E-state index in [0.717, 1.165) is 12.3 Å². The molecule has 2 heterocycles. The molecule has 2 aromatic rings. The number of hydrogen-bond acceptors (Lipinski definition) is 5. The number of hydrogen-bond donors (Lipinski definition) is 0. The maximum absolute atomic E-state index is 13.5. The number of nitrogens with zero attached hydrogens (tertiary/aromatic N) is 2. The molecule has 0 spiro atoms. The Labute approximate surface area is 182 Å². The second-order valence-corrected chi connectivity index (χ2v) is 9.35. The summed E-state index contributed by atoms with van der Waals surface area (Å²) in [5, 5.41) is 0. The number of ether oxygens (including phenoxy) is 1. The first-order valence-corrected chi connectivity index (χ1v) is 10.8. The van der Waals surface area contributed by atoms with Crippen molar-refractivity contribution in [2.24, 2.45) is 5.92 Å². The number of rotatable bonds is 6. The van der Waals surface area contributed by atoms with Crippen LogP contribution in [0, 0.1) is 11.7 Å². The fourth-order valence-corrected chi connectivity index (χ4v) is 4.71. The van der Waals surface area contributed by atoms with E-state index in [1.807, 2.05) is 0 Å². The fraction of sp³-hybridized carbons (Fsp3) is 0.368. The van der Waals surface area contributed by atoms with Crippen molar-refractivity contribution in [1.29, 1.82) is 0 Å². The molecule has 1 aliphatic heterocycles. The Morgan fingerprint density at radius 2 is 1.76 bits per heavy atom. The first kappa shape index (κ1) is 24.7. The van der Waals surface area contributed by atoms with Gasteiger partial charge in [-0.3, -0.25) is 4.79 Å². The SMILES string of the molecule is O=C(c1ccc(OCC(F)(F)F)nc1)N1CC(CS(=O)(=O)c2cc(F)cc(C(F)(F)F)c2)C1. The average molecular weight is 500 g/mol. The summed E-state index contributed by atoms with van der Waals surface area (Å²) in [4.78, 5) is 16.4. The van der Waals surface area contributed by atoms with Crippen LogP contribution in [0.2, 0.25) is 0 Å². The van der Waals surface area contributed by atoms with Crippen LogP contribution in [-0.2, 0) is 16.0 Å². The highest BCUT2D eigenvalue weighted by molar-refractivity contribution is 7.91. The van der Waals surface area contributed by atoms with Crippen molar-refractivity contribution in [2.75, 3.05) is 25.4 Å². The highest BCUT2D eigenvalue weighted by Gasteiger charge is 2.37. The Balaban J connectivity index is 1.59. The highest BCUT2D eigenvalue weighted by atomic mass is 32.2. The number of carbonyl (C=O) groups is 1. The molecule has 1 fully saturated rings. The predicted octanol–water partition coefficient (Wildman–Crippen LogP) is 3.73. The second kappa shape index (κ2) is 8.80. The number of likely N-dealkylation sites (tertiary alicyclic amines) is 1. The van der Waals surface area contributed by atoms with Crippen molar-refractivity contribution in [2.45, 2.75) is 17.2 Å². The molecule has 0 aliphatic carbocycles. The zero-order valence-electron chi connectivity index (χ0n) is 16.5. The topological polar surface area (TPSA) is 76.6 Å². The molecule has 1 aliphatic rings. The van der Waals surface area contributed by atoms with Crippen LogP contribution in [0.4, 0.5) is 30.7 Å². The molecule has 1 aromatic heterocycles.